The van der Waals surface area contributed by atoms with Gasteiger partial charge in [0, 0.05) is 37.0 Å². The van der Waals surface area contributed by atoms with E-state index in [-0.39, 0.29) is 23.9 Å². The Morgan fingerprint density at radius 2 is 2.38 bits per heavy atom. The van der Waals surface area contributed by atoms with Gasteiger partial charge in [0.15, 0.2) is 0 Å². The maximum atomic E-state index is 2.38. The van der Waals surface area contributed by atoms with E-state index in [1.54, 1.807) is 0 Å². The van der Waals surface area contributed by atoms with Crippen LogP contribution in [0.15, 0.2) is 12.3 Å². The second-order valence-corrected chi connectivity index (χ2v) is 2.39. The maximum Gasteiger partial charge on any atom is 0.0236 e. The first-order valence-corrected chi connectivity index (χ1v) is 2.87. The fourth-order valence-corrected chi connectivity index (χ4v) is 1.35. The summed E-state index contributed by atoms with van der Waals surface area (Å²) in [7, 11) is 0. The summed E-state index contributed by atoms with van der Waals surface area (Å²) < 4.78 is 0. The van der Waals surface area contributed by atoms with Gasteiger partial charge in [0.05, 0.1) is 0 Å². The van der Waals surface area contributed by atoms with E-state index in [9.17, 15) is 0 Å². The van der Waals surface area contributed by atoms with Gasteiger partial charge in [0.1, 0.15) is 0 Å². The quantitative estimate of drug-likeness (QED) is 0.529. The summed E-state index contributed by atoms with van der Waals surface area (Å²) in [6.45, 7) is 2.61. The molecule has 1 saturated heterocycles. The molecule has 0 spiro atoms. The summed E-state index contributed by atoms with van der Waals surface area (Å²) in [5.41, 5.74) is 0. The molecule has 4 radical (unpaired) electrons. The normalized spacial score (nSPS) is 31.0. The standard InChI is InChI=1S/C6H9N.Sn/c1-3-7-4-2-6(1)5-7;/h1,3,6H,2,4-5H2;. The van der Waals surface area contributed by atoms with Crippen molar-refractivity contribution in [2.45, 2.75) is 6.42 Å². The molecule has 1 atom stereocenters. The summed E-state index contributed by atoms with van der Waals surface area (Å²) in [6.07, 6.45) is 5.92. The molecule has 2 aliphatic heterocycles. The Kier molecular flexibility index (Phi) is 1.85. The second-order valence-electron chi connectivity index (χ2n) is 2.39. The molecule has 2 heteroatoms. The average molecular weight is 214 g/mol. The minimum Gasteiger partial charge on any atom is -0.377 e. The largest absolute Gasteiger partial charge is 0.377 e. The molecular weight excluding hydrogens is 205 g/mol. The van der Waals surface area contributed by atoms with Crippen molar-refractivity contribution in [2.24, 2.45) is 5.92 Å². The first kappa shape index (κ1) is 6.46. The van der Waals surface area contributed by atoms with Crippen molar-refractivity contribution in [3.63, 3.8) is 0 Å². The molecule has 8 heavy (non-hydrogen) atoms. The van der Waals surface area contributed by atoms with Crippen molar-refractivity contribution >= 4 is 23.9 Å². The fourth-order valence-electron chi connectivity index (χ4n) is 1.35. The van der Waals surface area contributed by atoms with Crippen LogP contribution in [-0.4, -0.2) is 41.9 Å². The minimum absolute atomic E-state index is 0. The zero-order chi connectivity index (χ0) is 4.69. The van der Waals surface area contributed by atoms with Crippen molar-refractivity contribution in [1.82, 2.24) is 4.90 Å². The first-order chi connectivity index (χ1) is 3.45. The molecule has 2 rings (SSSR count). The molecule has 0 amide bonds. The molecule has 1 nitrogen and oxygen atoms in total. The van der Waals surface area contributed by atoms with Gasteiger partial charge in [0.2, 0.25) is 0 Å². The van der Waals surface area contributed by atoms with Gasteiger partial charge in [0.25, 0.3) is 0 Å². The monoisotopic (exact) mass is 215 g/mol. The van der Waals surface area contributed by atoms with Crippen LogP contribution in [-0.2, 0) is 0 Å². The third-order valence-electron chi connectivity index (χ3n) is 1.83. The van der Waals surface area contributed by atoms with Crippen LogP contribution in [0, 0.1) is 5.92 Å². The summed E-state index contributed by atoms with van der Waals surface area (Å²) in [4.78, 5) is 2.38. The summed E-state index contributed by atoms with van der Waals surface area (Å²) in [5.74, 6) is 0.917. The van der Waals surface area contributed by atoms with E-state index in [0.29, 0.717) is 0 Å². The van der Waals surface area contributed by atoms with Crippen LogP contribution in [0.4, 0.5) is 0 Å². The molecular formula is C6H9NSn. The zero-order valence-corrected chi connectivity index (χ0v) is 7.65. The van der Waals surface area contributed by atoms with Crippen molar-refractivity contribution in [3.05, 3.63) is 12.3 Å². The molecule has 1 unspecified atom stereocenters. The Morgan fingerprint density at radius 1 is 1.50 bits per heavy atom. The van der Waals surface area contributed by atoms with Gasteiger partial charge in [-0.2, -0.15) is 0 Å². The van der Waals surface area contributed by atoms with Crippen LogP contribution < -0.4 is 0 Å². The van der Waals surface area contributed by atoms with Crippen LogP contribution in [0.25, 0.3) is 0 Å². The van der Waals surface area contributed by atoms with Crippen LogP contribution in [0.5, 0.6) is 0 Å². The molecule has 42 valence electrons. The van der Waals surface area contributed by atoms with Gasteiger partial charge >= 0.3 is 0 Å². The van der Waals surface area contributed by atoms with Crippen LogP contribution >= 0.6 is 0 Å². The van der Waals surface area contributed by atoms with E-state index in [1.165, 1.54) is 19.5 Å². The van der Waals surface area contributed by atoms with E-state index >= 15 is 0 Å². The van der Waals surface area contributed by atoms with Crippen molar-refractivity contribution in [2.75, 3.05) is 13.1 Å². The van der Waals surface area contributed by atoms with E-state index < -0.39 is 0 Å². The van der Waals surface area contributed by atoms with Crippen LogP contribution in [0.1, 0.15) is 6.42 Å². The number of rotatable bonds is 0. The van der Waals surface area contributed by atoms with E-state index in [2.05, 4.69) is 17.2 Å². The number of fused-ring (bicyclic) bond motifs is 2. The molecule has 1 fully saturated rings. The molecule has 0 aromatic carbocycles. The molecule has 2 bridgehead atoms. The zero-order valence-electron chi connectivity index (χ0n) is 4.80. The van der Waals surface area contributed by atoms with Gasteiger partial charge in [-0.1, -0.05) is 6.08 Å². The smallest absolute Gasteiger partial charge is 0.0236 e. The third-order valence-corrected chi connectivity index (χ3v) is 1.83. The Bertz CT molecular complexity index is 99.1. The summed E-state index contributed by atoms with van der Waals surface area (Å²) in [6, 6.07) is 0. The van der Waals surface area contributed by atoms with Crippen molar-refractivity contribution < 1.29 is 0 Å². The van der Waals surface area contributed by atoms with Crippen molar-refractivity contribution in [1.29, 1.82) is 0 Å². The van der Waals surface area contributed by atoms with Crippen LogP contribution in [0.2, 0.25) is 0 Å². The number of hydrogen-bond acceptors (Lipinski definition) is 1. The van der Waals surface area contributed by atoms with Crippen LogP contribution in [0.3, 0.4) is 0 Å². The molecule has 2 heterocycles. The number of hydrogen-bond donors (Lipinski definition) is 0. The Balaban J connectivity index is 0.000000320. The Morgan fingerprint density at radius 3 is 2.50 bits per heavy atom. The average Bonchev–Trinajstić information content (AvgIpc) is 2.22. The summed E-state index contributed by atoms with van der Waals surface area (Å²) in [5, 5.41) is 0. The number of nitrogens with zero attached hydrogens (tertiary/aromatic N) is 1. The topological polar surface area (TPSA) is 3.24 Å². The molecule has 0 N–H and O–H groups in total. The SMILES string of the molecule is C1=CN2CCC1C2.[Sn]. The Labute approximate surface area is 66.7 Å². The second kappa shape index (κ2) is 2.29. The van der Waals surface area contributed by atoms with E-state index in [0.717, 1.165) is 5.92 Å². The van der Waals surface area contributed by atoms with Crippen molar-refractivity contribution in [3.8, 4) is 0 Å². The first-order valence-electron chi connectivity index (χ1n) is 2.87. The maximum absolute atomic E-state index is 2.38. The van der Waals surface area contributed by atoms with E-state index in [1.807, 2.05) is 0 Å². The van der Waals surface area contributed by atoms with Gasteiger partial charge in [-0.3, -0.25) is 0 Å². The van der Waals surface area contributed by atoms with E-state index in [4.69, 9.17) is 0 Å². The van der Waals surface area contributed by atoms with Gasteiger partial charge < -0.3 is 4.90 Å². The molecule has 0 saturated carbocycles. The minimum atomic E-state index is 0. The van der Waals surface area contributed by atoms with Gasteiger partial charge in [-0.25, -0.2) is 0 Å². The third kappa shape index (κ3) is 0.879. The predicted octanol–water partition coefficient (Wildman–Crippen LogP) is 0.455. The van der Waals surface area contributed by atoms with Gasteiger partial charge in [-0.15, -0.1) is 0 Å². The van der Waals surface area contributed by atoms with Gasteiger partial charge in [-0.05, 0) is 18.5 Å². The summed E-state index contributed by atoms with van der Waals surface area (Å²) >= 11 is 0. The molecule has 2 aliphatic rings. The predicted molar refractivity (Wildman–Crippen MR) is 34.6 cm³/mol. The Hall–Kier alpha value is 0.339. The fraction of sp³-hybridized carbons (Fsp3) is 0.667. The molecule has 0 aromatic rings. The molecule has 0 aromatic heterocycles. The molecule has 0 aliphatic carbocycles.